The summed E-state index contributed by atoms with van der Waals surface area (Å²) in [4.78, 5) is 32.5. The highest BCUT2D eigenvalue weighted by molar-refractivity contribution is 5.92. The Labute approximate surface area is 141 Å². The predicted molar refractivity (Wildman–Crippen MR) is 86.5 cm³/mol. The van der Waals surface area contributed by atoms with Gasteiger partial charge in [0.2, 0.25) is 0 Å². The Balaban J connectivity index is 1.62. The maximum Gasteiger partial charge on any atom is 0.312 e. The third-order valence-corrected chi connectivity index (χ3v) is 4.87. The molecule has 1 N–H and O–H groups in total. The van der Waals surface area contributed by atoms with Crippen LogP contribution in [0.15, 0.2) is 18.3 Å². The lowest BCUT2D eigenvalue weighted by molar-refractivity contribution is -0.150. The third-order valence-electron chi connectivity index (χ3n) is 4.87. The Morgan fingerprint density at radius 1 is 1.42 bits per heavy atom. The number of nitrogens with zero attached hydrogens (tertiary/aromatic N) is 3. The maximum atomic E-state index is 12.5. The topological polar surface area (TPSA) is 83.0 Å². The molecule has 2 fully saturated rings. The first kappa shape index (κ1) is 16.7. The van der Waals surface area contributed by atoms with E-state index in [1.165, 1.54) is 18.3 Å². The second kappa shape index (κ2) is 6.39. The van der Waals surface area contributed by atoms with E-state index in [2.05, 4.69) is 4.98 Å². The number of piperidine rings is 1. The van der Waals surface area contributed by atoms with Crippen LogP contribution in [-0.2, 0) is 9.53 Å². The van der Waals surface area contributed by atoms with Crippen molar-refractivity contribution in [1.29, 1.82) is 0 Å². The molecule has 0 saturated carbocycles. The van der Waals surface area contributed by atoms with Gasteiger partial charge in [-0.25, -0.2) is 4.98 Å². The van der Waals surface area contributed by atoms with E-state index >= 15 is 0 Å². The molecule has 1 atom stereocenters. The lowest BCUT2D eigenvalue weighted by atomic mass is 9.76. The molecule has 0 radical (unpaired) electrons. The van der Waals surface area contributed by atoms with Crippen LogP contribution in [0, 0.1) is 5.41 Å². The van der Waals surface area contributed by atoms with Gasteiger partial charge in [-0.3, -0.25) is 9.59 Å². The van der Waals surface area contributed by atoms with Crippen LogP contribution in [0.25, 0.3) is 0 Å². The molecule has 0 bridgehead atoms. The monoisotopic (exact) mass is 333 g/mol. The second-order valence-electron chi connectivity index (χ2n) is 6.97. The van der Waals surface area contributed by atoms with Gasteiger partial charge in [-0.15, -0.1) is 0 Å². The third kappa shape index (κ3) is 3.21. The van der Waals surface area contributed by atoms with Crippen LogP contribution in [0.5, 0.6) is 5.75 Å². The standard InChI is InChI=1S/C17H23N3O4/c1-19(2)11-13-9-17(16(23)24-13)5-7-20(8-6-17)15(22)14-4-3-12(21)10-18-14/h3-4,10,13,21H,5-9,11H2,1-2H3. The van der Waals surface area contributed by atoms with E-state index in [9.17, 15) is 14.7 Å². The van der Waals surface area contributed by atoms with Gasteiger partial charge < -0.3 is 19.6 Å². The van der Waals surface area contributed by atoms with E-state index < -0.39 is 5.41 Å². The molecule has 7 nitrogen and oxygen atoms in total. The van der Waals surface area contributed by atoms with Crippen molar-refractivity contribution in [3.63, 3.8) is 0 Å². The summed E-state index contributed by atoms with van der Waals surface area (Å²) in [6, 6.07) is 2.96. The first-order chi connectivity index (χ1) is 11.4. The molecular weight excluding hydrogens is 310 g/mol. The summed E-state index contributed by atoms with van der Waals surface area (Å²) < 4.78 is 5.53. The number of likely N-dealkylation sites (N-methyl/N-ethyl adjacent to an activating group) is 1. The Morgan fingerprint density at radius 2 is 2.12 bits per heavy atom. The van der Waals surface area contributed by atoms with Crippen LogP contribution in [0.4, 0.5) is 0 Å². The first-order valence-electron chi connectivity index (χ1n) is 8.20. The number of aromatic hydroxyl groups is 1. The van der Waals surface area contributed by atoms with Gasteiger partial charge >= 0.3 is 5.97 Å². The average Bonchev–Trinajstić information content (AvgIpc) is 2.82. The number of likely N-dealkylation sites (tertiary alicyclic amines) is 1. The number of carbonyl (C=O) groups is 2. The molecule has 2 saturated heterocycles. The van der Waals surface area contributed by atoms with Crippen molar-refractivity contribution in [2.75, 3.05) is 33.7 Å². The average molecular weight is 333 g/mol. The number of amides is 1. The van der Waals surface area contributed by atoms with Crippen molar-refractivity contribution in [3.8, 4) is 5.75 Å². The minimum atomic E-state index is -0.445. The minimum absolute atomic E-state index is 0.0322. The van der Waals surface area contributed by atoms with Gasteiger partial charge in [0.25, 0.3) is 5.91 Å². The van der Waals surface area contributed by atoms with Gasteiger partial charge in [0.15, 0.2) is 0 Å². The summed E-state index contributed by atoms with van der Waals surface area (Å²) in [5.41, 5.74) is -0.136. The van der Waals surface area contributed by atoms with Crippen molar-refractivity contribution in [1.82, 2.24) is 14.8 Å². The number of cyclic esters (lactones) is 1. The molecule has 2 aliphatic heterocycles. The zero-order valence-electron chi connectivity index (χ0n) is 14.1. The zero-order valence-corrected chi connectivity index (χ0v) is 14.1. The highest BCUT2D eigenvalue weighted by Gasteiger charge is 2.50. The van der Waals surface area contributed by atoms with Crippen LogP contribution >= 0.6 is 0 Å². The Bertz CT molecular complexity index is 621. The summed E-state index contributed by atoms with van der Waals surface area (Å²) in [5, 5.41) is 9.26. The molecule has 3 heterocycles. The van der Waals surface area contributed by atoms with Gasteiger partial charge in [0.05, 0.1) is 11.6 Å². The van der Waals surface area contributed by atoms with E-state index in [1.54, 1.807) is 4.90 Å². The normalized spacial score (nSPS) is 22.9. The van der Waals surface area contributed by atoms with E-state index in [4.69, 9.17) is 4.74 Å². The molecular formula is C17H23N3O4. The number of ether oxygens (including phenoxy) is 1. The van der Waals surface area contributed by atoms with Crippen molar-refractivity contribution in [2.45, 2.75) is 25.4 Å². The van der Waals surface area contributed by atoms with Crippen LogP contribution in [0.2, 0.25) is 0 Å². The fraction of sp³-hybridized carbons (Fsp3) is 0.588. The van der Waals surface area contributed by atoms with Gasteiger partial charge in [0.1, 0.15) is 17.5 Å². The Kier molecular flexibility index (Phi) is 4.45. The summed E-state index contributed by atoms with van der Waals surface area (Å²) >= 11 is 0. The number of esters is 1. The molecule has 1 amide bonds. The molecule has 7 heteroatoms. The Hall–Kier alpha value is -2.15. The van der Waals surface area contributed by atoms with Crippen LogP contribution in [-0.4, -0.2) is 71.6 Å². The van der Waals surface area contributed by atoms with Gasteiger partial charge in [0, 0.05) is 26.1 Å². The molecule has 24 heavy (non-hydrogen) atoms. The molecule has 1 unspecified atom stereocenters. The van der Waals surface area contributed by atoms with Gasteiger partial charge in [-0.1, -0.05) is 0 Å². The lowest BCUT2D eigenvalue weighted by Crippen LogP contribution is -2.45. The summed E-state index contributed by atoms with van der Waals surface area (Å²) in [5.74, 6) is -0.255. The van der Waals surface area contributed by atoms with Crippen molar-refractivity contribution in [3.05, 3.63) is 24.0 Å². The Morgan fingerprint density at radius 3 is 2.71 bits per heavy atom. The molecule has 0 aliphatic carbocycles. The number of carbonyl (C=O) groups excluding carboxylic acids is 2. The largest absolute Gasteiger partial charge is 0.506 e. The van der Waals surface area contributed by atoms with Crippen molar-refractivity contribution in [2.24, 2.45) is 5.41 Å². The van der Waals surface area contributed by atoms with E-state index in [-0.39, 0.29) is 23.7 Å². The number of pyridine rings is 1. The number of rotatable bonds is 3. The van der Waals surface area contributed by atoms with Gasteiger partial charge in [-0.05, 0) is 39.1 Å². The zero-order chi connectivity index (χ0) is 17.3. The van der Waals surface area contributed by atoms with E-state index in [1.807, 2.05) is 19.0 Å². The minimum Gasteiger partial charge on any atom is -0.506 e. The summed E-state index contributed by atoms with van der Waals surface area (Å²) in [6.45, 7) is 1.77. The van der Waals surface area contributed by atoms with Gasteiger partial charge in [-0.2, -0.15) is 0 Å². The van der Waals surface area contributed by atoms with Crippen molar-refractivity contribution < 1.29 is 19.4 Å². The molecule has 130 valence electrons. The van der Waals surface area contributed by atoms with Crippen LogP contribution in [0.1, 0.15) is 29.8 Å². The fourth-order valence-corrected chi connectivity index (χ4v) is 3.57. The molecule has 2 aliphatic rings. The van der Waals surface area contributed by atoms with Crippen LogP contribution < -0.4 is 0 Å². The van der Waals surface area contributed by atoms with E-state index in [0.29, 0.717) is 31.6 Å². The molecule has 0 aromatic carbocycles. The maximum absolute atomic E-state index is 12.5. The smallest absolute Gasteiger partial charge is 0.312 e. The number of hydrogen-bond donors (Lipinski definition) is 1. The SMILES string of the molecule is CN(C)CC1CC2(CCN(C(=O)c3ccc(O)cn3)CC2)C(=O)O1. The van der Waals surface area contributed by atoms with Crippen LogP contribution in [0.3, 0.4) is 0 Å². The summed E-state index contributed by atoms with van der Waals surface area (Å²) in [7, 11) is 3.93. The second-order valence-corrected chi connectivity index (χ2v) is 6.97. The summed E-state index contributed by atoms with van der Waals surface area (Å²) in [6.07, 6.45) is 3.18. The lowest BCUT2D eigenvalue weighted by Gasteiger charge is -2.36. The number of aromatic nitrogens is 1. The highest BCUT2D eigenvalue weighted by atomic mass is 16.6. The molecule has 1 spiro atoms. The predicted octanol–water partition coefficient (Wildman–Crippen LogP) is 0.887. The van der Waals surface area contributed by atoms with Crippen molar-refractivity contribution >= 4 is 11.9 Å². The first-order valence-corrected chi connectivity index (χ1v) is 8.20. The number of hydrogen-bond acceptors (Lipinski definition) is 6. The fourth-order valence-electron chi connectivity index (χ4n) is 3.57. The molecule has 1 aromatic rings. The quantitative estimate of drug-likeness (QED) is 0.827. The van der Waals surface area contributed by atoms with E-state index in [0.717, 1.165) is 13.0 Å². The molecule has 1 aromatic heterocycles. The molecule has 3 rings (SSSR count). The highest BCUT2D eigenvalue weighted by Crippen LogP contribution is 2.43.